The van der Waals surface area contributed by atoms with Crippen LogP contribution in [0.5, 0.6) is 17.2 Å². The molecule has 0 atom stereocenters. The molecule has 2 aromatic rings. The van der Waals surface area contributed by atoms with Gasteiger partial charge in [-0.2, -0.15) is 4.98 Å². The van der Waals surface area contributed by atoms with Gasteiger partial charge in [-0.25, -0.2) is 4.98 Å². The first-order chi connectivity index (χ1) is 14.4. The summed E-state index contributed by atoms with van der Waals surface area (Å²) >= 11 is 0. The summed E-state index contributed by atoms with van der Waals surface area (Å²) in [6, 6.07) is 1.70. The van der Waals surface area contributed by atoms with Crippen LogP contribution >= 0.6 is 0 Å². The Labute approximate surface area is 173 Å². The third-order valence-corrected chi connectivity index (χ3v) is 4.98. The fourth-order valence-corrected chi connectivity index (χ4v) is 3.41. The Morgan fingerprint density at radius 3 is 2.27 bits per heavy atom. The van der Waals surface area contributed by atoms with E-state index in [9.17, 15) is 9.59 Å². The smallest absolute Gasteiger partial charge is 0.303 e. The lowest BCUT2D eigenvalue weighted by molar-refractivity contribution is -0.141. The van der Waals surface area contributed by atoms with Gasteiger partial charge in [0.2, 0.25) is 17.6 Å². The van der Waals surface area contributed by atoms with E-state index in [0.29, 0.717) is 60.3 Å². The highest BCUT2D eigenvalue weighted by atomic mass is 16.5. The number of amides is 1. The van der Waals surface area contributed by atoms with Crippen LogP contribution in [0.2, 0.25) is 0 Å². The molecule has 1 saturated heterocycles. The number of aliphatic carboxylic acids is 1. The monoisotopic (exact) mass is 419 g/mol. The van der Waals surface area contributed by atoms with Crippen LogP contribution in [0.1, 0.15) is 12.8 Å². The van der Waals surface area contributed by atoms with Crippen molar-refractivity contribution in [2.24, 2.45) is 0 Å². The van der Waals surface area contributed by atoms with E-state index in [1.165, 1.54) is 21.3 Å². The third-order valence-electron chi connectivity index (χ3n) is 4.98. The van der Waals surface area contributed by atoms with Crippen molar-refractivity contribution in [1.29, 1.82) is 0 Å². The first-order valence-corrected chi connectivity index (χ1v) is 9.40. The zero-order valence-electron chi connectivity index (χ0n) is 17.2. The Morgan fingerprint density at radius 2 is 1.70 bits per heavy atom. The second kappa shape index (κ2) is 8.89. The molecule has 1 aromatic carbocycles. The molecule has 0 aliphatic carbocycles. The van der Waals surface area contributed by atoms with E-state index in [1.807, 2.05) is 4.90 Å². The van der Waals surface area contributed by atoms with Gasteiger partial charge >= 0.3 is 5.97 Å². The van der Waals surface area contributed by atoms with Crippen molar-refractivity contribution in [1.82, 2.24) is 14.9 Å². The number of hydrogen-bond donors (Lipinski definition) is 2. The van der Waals surface area contributed by atoms with E-state index in [1.54, 1.807) is 11.0 Å². The highest BCUT2D eigenvalue weighted by Gasteiger charge is 2.25. The molecule has 11 heteroatoms. The molecule has 1 amide bonds. The van der Waals surface area contributed by atoms with Gasteiger partial charge in [0.15, 0.2) is 11.5 Å². The molecule has 3 N–H and O–H groups in total. The summed E-state index contributed by atoms with van der Waals surface area (Å²) in [6.45, 7) is 1.89. The fraction of sp³-hybridized carbons (Fsp3) is 0.474. The quantitative estimate of drug-likeness (QED) is 0.660. The Balaban J connectivity index is 1.86. The molecule has 0 saturated carbocycles. The standard InChI is InChI=1S/C19H25N5O6/c1-28-12-10-11-15(17(30-3)16(12)29-2)21-19(22-18(11)20)24-8-6-23(7-9-24)13(25)4-5-14(26)27/h10H,4-9H2,1-3H3,(H,26,27)(H2,20,21,22). The number of carboxylic acid groups (broad SMARTS) is 1. The Morgan fingerprint density at radius 1 is 1.03 bits per heavy atom. The van der Waals surface area contributed by atoms with Crippen molar-refractivity contribution in [3.05, 3.63) is 6.07 Å². The molecule has 1 fully saturated rings. The molecule has 1 aliphatic heterocycles. The fourth-order valence-electron chi connectivity index (χ4n) is 3.41. The van der Waals surface area contributed by atoms with Crippen LogP contribution < -0.4 is 24.8 Å². The maximum atomic E-state index is 12.1. The summed E-state index contributed by atoms with van der Waals surface area (Å²) in [4.78, 5) is 35.4. The highest BCUT2D eigenvalue weighted by molar-refractivity contribution is 5.97. The number of benzene rings is 1. The first kappa shape index (κ1) is 21.2. The van der Waals surface area contributed by atoms with Gasteiger partial charge < -0.3 is 34.9 Å². The molecule has 1 aliphatic rings. The van der Waals surface area contributed by atoms with E-state index < -0.39 is 5.97 Å². The van der Waals surface area contributed by atoms with Crippen molar-refractivity contribution in [3.8, 4) is 17.2 Å². The van der Waals surface area contributed by atoms with Crippen LogP contribution in [0.15, 0.2) is 6.07 Å². The highest BCUT2D eigenvalue weighted by Crippen LogP contribution is 2.44. The number of piperazine rings is 1. The number of carbonyl (C=O) groups excluding carboxylic acids is 1. The number of rotatable bonds is 7. The number of carbonyl (C=O) groups is 2. The average molecular weight is 419 g/mol. The molecule has 0 bridgehead atoms. The Bertz CT molecular complexity index is 958. The average Bonchev–Trinajstić information content (AvgIpc) is 2.76. The van der Waals surface area contributed by atoms with Crippen molar-refractivity contribution in [2.75, 3.05) is 58.1 Å². The molecule has 162 valence electrons. The van der Waals surface area contributed by atoms with Gasteiger partial charge in [0.05, 0.1) is 33.1 Å². The summed E-state index contributed by atoms with van der Waals surface area (Å²) in [7, 11) is 4.54. The number of aromatic nitrogens is 2. The predicted octanol–water partition coefficient (Wildman–Crippen LogP) is 0.751. The number of carboxylic acids is 1. The molecule has 0 unspecified atom stereocenters. The molecule has 2 heterocycles. The number of nitrogen functional groups attached to an aromatic ring is 1. The van der Waals surface area contributed by atoms with E-state index in [0.717, 1.165) is 0 Å². The zero-order valence-corrected chi connectivity index (χ0v) is 17.2. The van der Waals surface area contributed by atoms with Crippen molar-refractivity contribution < 1.29 is 28.9 Å². The van der Waals surface area contributed by atoms with Gasteiger partial charge in [-0.3, -0.25) is 9.59 Å². The lowest BCUT2D eigenvalue weighted by Gasteiger charge is -2.35. The molecule has 0 spiro atoms. The number of nitrogens with two attached hydrogens (primary N) is 1. The minimum absolute atomic E-state index is 0.00637. The molecule has 30 heavy (non-hydrogen) atoms. The number of ether oxygens (including phenoxy) is 3. The van der Waals surface area contributed by atoms with E-state index in [2.05, 4.69) is 9.97 Å². The minimum Gasteiger partial charge on any atom is -0.493 e. The lowest BCUT2D eigenvalue weighted by atomic mass is 10.2. The summed E-state index contributed by atoms with van der Waals surface area (Å²) in [5.74, 6) is 0.795. The second-order valence-electron chi connectivity index (χ2n) is 6.71. The maximum Gasteiger partial charge on any atom is 0.303 e. The predicted molar refractivity (Wildman–Crippen MR) is 109 cm³/mol. The molecule has 11 nitrogen and oxygen atoms in total. The summed E-state index contributed by atoms with van der Waals surface area (Å²) in [6.07, 6.45) is -0.179. The number of hydrogen-bond acceptors (Lipinski definition) is 9. The van der Waals surface area contributed by atoms with Gasteiger partial charge in [-0.1, -0.05) is 0 Å². The maximum absolute atomic E-state index is 12.1. The largest absolute Gasteiger partial charge is 0.493 e. The zero-order chi connectivity index (χ0) is 21.8. The number of anilines is 2. The van der Waals surface area contributed by atoms with Gasteiger partial charge in [-0.15, -0.1) is 0 Å². The van der Waals surface area contributed by atoms with E-state index in [-0.39, 0.29) is 24.6 Å². The Hall–Kier alpha value is -3.50. The minimum atomic E-state index is -0.983. The summed E-state index contributed by atoms with van der Waals surface area (Å²) < 4.78 is 16.3. The molecule has 1 aromatic heterocycles. The van der Waals surface area contributed by atoms with Crippen molar-refractivity contribution in [2.45, 2.75) is 12.8 Å². The SMILES string of the molecule is COc1cc2c(N)nc(N3CCN(C(=O)CCC(=O)O)CC3)nc2c(OC)c1OC. The van der Waals surface area contributed by atoms with E-state index in [4.69, 9.17) is 25.1 Å². The third kappa shape index (κ3) is 4.09. The second-order valence-corrected chi connectivity index (χ2v) is 6.71. The lowest BCUT2D eigenvalue weighted by Crippen LogP contribution is -2.49. The summed E-state index contributed by atoms with van der Waals surface area (Å²) in [5, 5.41) is 9.32. The normalized spacial score (nSPS) is 14.0. The van der Waals surface area contributed by atoms with Crippen molar-refractivity contribution in [3.63, 3.8) is 0 Å². The van der Waals surface area contributed by atoms with Crippen LogP contribution in [-0.2, 0) is 9.59 Å². The van der Waals surface area contributed by atoms with E-state index >= 15 is 0 Å². The van der Waals surface area contributed by atoms with Crippen LogP contribution in [0.25, 0.3) is 10.9 Å². The van der Waals surface area contributed by atoms with Crippen LogP contribution in [0, 0.1) is 0 Å². The number of fused-ring (bicyclic) bond motifs is 1. The molecule has 0 radical (unpaired) electrons. The van der Waals surface area contributed by atoms with Gasteiger partial charge in [0, 0.05) is 32.6 Å². The Kier molecular flexibility index (Phi) is 6.28. The van der Waals surface area contributed by atoms with Crippen LogP contribution in [0.3, 0.4) is 0 Å². The number of nitrogens with zero attached hydrogens (tertiary/aromatic N) is 4. The van der Waals surface area contributed by atoms with Crippen LogP contribution in [-0.4, -0.2) is 79.4 Å². The van der Waals surface area contributed by atoms with Gasteiger partial charge in [0.25, 0.3) is 0 Å². The first-order valence-electron chi connectivity index (χ1n) is 9.40. The molecule has 3 rings (SSSR count). The topological polar surface area (TPSA) is 140 Å². The molecular weight excluding hydrogens is 394 g/mol. The number of methoxy groups -OCH3 is 3. The van der Waals surface area contributed by atoms with Gasteiger partial charge in [0.1, 0.15) is 11.3 Å². The summed E-state index contributed by atoms with van der Waals surface area (Å²) in [5.41, 5.74) is 6.69. The van der Waals surface area contributed by atoms with Gasteiger partial charge in [-0.05, 0) is 6.07 Å². The van der Waals surface area contributed by atoms with Crippen molar-refractivity contribution >= 4 is 34.5 Å². The van der Waals surface area contributed by atoms with Crippen LogP contribution in [0.4, 0.5) is 11.8 Å². The molecular formula is C19H25N5O6.